The maximum Gasteiger partial charge on any atom is 0.407 e. The summed E-state index contributed by atoms with van der Waals surface area (Å²) in [4.78, 5) is 11.6. The van der Waals surface area contributed by atoms with Gasteiger partial charge < -0.3 is 10.1 Å². The quantitative estimate of drug-likeness (QED) is 0.737. The van der Waals surface area contributed by atoms with Gasteiger partial charge in [0.05, 0.1) is 5.02 Å². The number of alkyl carbamates (subject to hydrolysis) is 1. The standard InChI is InChI=1S/C19H19ClFNO2/c1-14-17(21)11-10-16(18(14)20)9-5-6-12-22-19(23)24-13-15-7-3-2-4-8-15/h2-5,7-11H,6,12-13H2,1H3,(H,22,23). The molecule has 126 valence electrons. The molecule has 2 aromatic rings. The minimum atomic E-state index is -0.456. The van der Waals surface area contributed by atoms with Crippen molar-refractivity contribution in [3.05, 3.63) is 76.1 Å². The average Bonchev–Trinajstić information content (AvgIpc) is 2.60. The molecular formula is C19H19ClFNO2. The number of rotatable bonds is 6. The van der Waals surface area contributed by atoms with E-state index in [2.05, 4.69) is 5.32 Å². The van der Waals surface area contributed by atoms with Crippen LogP contribution in [0.3, 0.4) is 0 Å². The number of carbonyl (C=O) groups is 1. The fourth-order valence-corrected chi connectivity index (χ4v) is 2.27. The molecule has 1 N–H and O–H groups in total. The van der Waals surface area contributed by atoms with Crippen LogP contribution in [0, 0.1) is 12.7 Å². The second-order valence-electron chi connectivity index (χ2n) is 5.26. The summed E-state index contributed by atoms with van der Waals surface area (Å²) in [5, 5.41) is 3.07. The summed E-state index contributed by atoms with van der Waals surface area (Å²) in [6, 6.07) is 12.5. The summed E-state index contributed by atoms with van der Waals surface area (Å²) in [5.41, 5.74) is 2.12. The summed E-state index contributed by atoms with van der Waals surface area (Å²) in [6.07, 6.45) is 3.84. The molecule has 0 heterocycles. The van der Waals surface area contributed by atoms with Crippen LogP contribution >= 0.6 is 11.6 Å². The molecule has 3 nitrogen and oxygen atoms in total. The van der Waals surface area contributed by atoms with Gasteiger partial charge in [-0.25, -0.2) is 9.18 Å². The minimum Gasteiger partial charge on any atom is -0.445 e. The Morgan fingerprint density at radius 2 is 2.00 bits per heavy atom. The molecule has 0 saturated carbocycles. The number of carbonyl (C=O) groups excluding carboxylic acids is 1. The predicted octanol–water partition coefficient (Wildman–Crippen LogP) is 5.12. The lowest BCUT2D eigenvalue weighted by Crippen LogP contribution is -2.24. The monoisotopic (exact) mass is 347 g/mol. The van der Waals surface area contributed by atoms with E-state index in [1.807, 2.05) is 42.5 Å². The molecule has 0 aliphatic carbocycles. The van der Waals surface area contributed by atoms with Crippen LogP contribution in [0.1, 0.15) is 23.1 Å². The third-order valence-electron chi connectivity index (χ3n) is 3.44. The first kappa shape index (κ1) is 18.0. The third kappa shape index (κ3) is 5.39. The molecule has 1 amide bonds. The SMILES string of the molecule is Cc1c(F)ccc(C=CCCNC(=O)OCc2ccccc2)c1Cl. The van der Waals surface area contributed by atoms with Crippen molar-refractivity contribution >= 4 is 23.8 Å². The number of amides is 1. The summed E-state index contributed by atoms with van der Waals surface area (Å²) in [6.45, 7) is 2.33. The van der Waals surface area contributed by atoms with Crippen molar-refractivity contribution in [1.82, 2.24) is 5.32 Å². The van der Waals surface area contributed by atoms with Gasteiger partial charge in [0.25, 0.3) is 0 Å². The maximum absolute atomic E-state index is 13.3. The van der Waals surface area contributed by atoms with Crippen LogP contribution in [0.25, 0.3) is 6.08 Å². The van der Waals surface area contributed by atoms with Crippen molar-refractivity contribution in [2.24, 2.45) is 0 Å². The van der Waals surface area contributed by atoms with E-state index in [0.29, 0.717) is 23.6 Å². The lowest BCUT2D eigenvalue weighted by molar-refractivity contribution is 0.140. The lowest BCUT2D eigenvalue weighted by Gasteiger charge is -2.06. The highest BCUT2D eigenvalue weighted by Crippen LogP contribution is 2.24. The Labute approximate surface area is 146 Å². The Kier molecular flexibility index (Phi) is 6.82. The van der Waals surface area contributed by atoms with Crippen molar-refractivity contribution in [3.8, 4) is 0 Å². The van der Waals surface area contributed by atoms with Crippen LogP contribution in [0.4, 0.5) is 9.18 Å². The van der Waals surface area contributed by atoms with Gasteiger partial charge in [-0.1, -0.05) is 60.2 Å². The second kappa shape index (κ2) is 9.08. The van der Waals surface area contributed by atoms with Crippen molar-refractivity contribution in [1.29, 1.82) is 0 Å². The van der Waals surface area contributed by atoms with Crippen LogP contribution in [-0.4, -0.2) is 12.6 Å². The second-order valence-corrected chi connectivity index (χ2v) is 5.63. The smallest absolute Gasteiger partial charge is 0.407 e. The molecule has 0 spiro atoms. The van der Waals surface area contributed by atoms with Crippen LogP contribution in [-0.2, 0) is 11.3 Å². The van der Waals surface area contributed by atoms with Gasteiger partial charge in [-0.2, -0.15) is 0 Å². The molecule has 0 fully saturated rings. The Balaban J connectivity index is 1.71. The zero-order valence-corrected chi connectivity index (χ0v) is 14.1. The normalized spacial score (nSPS) is 10.8. The summed E-state index contributed by atoms with van der Waals surface area (Å²) in [7, 11) is 0. The number of nitrogens with one attached hydrogen (secondary N) is 1. The van der Waals surface area contributed by atoms with Gasteiger partial charge in [0.15, 0.2) is 0 Å². The van der Waals surface area contributed by atoms with Crippen molar-refractivity contribution < 1.29 is 13.9 Å². The molecule has 0 aliphatic heterocycles. The molecule has 0 aliphatic rings. The largest absolute Gasteiger partial charge is 0.445 e. The molecule has 0 saturated heterocycles. The van der Waals surface area contributed by atoms with E-state index in [1.165, 1.54) is 6.07 Å². The first-order valence-corrected chi connectivity index (χ1v) is 8.01. The highest BCUT2D eigenvalue weighted by molar-refractivity contribution is 6.32. The van der Waals surface area contributed by atoms with E-state index >= 15 is 0 Å². The molecule has 0 unspecified atom stereocenters. The number of halogens is 2. The minimum absolute atomic E-state index is 0.243. The third-order valence-corrected chi connectivity index (χ3v) is 3.94. The molecule has 0 aromatic heterocycles. The first-order valence-electron chi connectivity index (χ1n) is 7.63. The maximum atomic E-state index is 13.3. The molecule has 0 bridgehead atoms. The molecule has 2 aromatic carbocycles. The number of hydrogen-bond acceptors (Lipinski definition) is 2. The first-order chi connectivity index (χ1) is 11.6. The predicted molar refractivity (Wildman–Crippen MR) is 94.4 cm³/mol. The lowest BCUT2D eigenvalue weighted by atomic mass is 10.1. The van der Waals surface area contributed by atoms with E-state index in [0.717, 1.165) is 11.1 Å². The highest BCUT2D eigenvalue weighted by atomic mass is 35.5. The van der Waals surface area contributed by atoms with Crippen molar-refractivity contribution in [3.63, 3.8) is 0 Å². The molecular weight excluding hydrogens is 329 g/mol. The zero-order chi connectivity index (χ0) is 17.4. The average molecular weight is 348 g/mol. The van der Waals surface area contributed by atoms with Crippen LogP contribution in [0.5, 0.6) is 0 Å². The van der Waals surface area contributed by atoms with E-state index in [9.17, 15) is 9.18 Å². The molecule has 0 atom stereocenters. The van der Waals surface area contributed by atoms with Gasteiger partial charge in [-0.05, 0) is 30.5 Å². The van der Waals surface area contributed by atoms with Crippen LogP contribution in [0.2, 0.25) is 5.02 Å². The fraction of sp³-hybridized carbons (Fsp3) is 0.211. The number of ether oxygens (including phenoxy) is 1. The van der Waals surface area contributed by atoms with Gasteiger partial charge >= 0.3 is 6.09 Å². The molecule has 2 rings (SSSR count). The molecule has 0 radical (unpaired) electrons. The fourth-order valence-electron chi connectivity index (χ4n) is 2.05. The van der Waals surface area contributed by atoms with Crippen molar-refractivity contribution in [2.75, 3.05) is 6.54 Å². The van der Waals surface area contributed by atoms with Crippen LogP contribution in [0.15, 0.2) is 48.5 Å². The van der Waals surface area contributed by atoms with Gasteiger partial charge in [0.1, 0.15) is 12.4 Å². The van der Waals surface area contributed by atoms with Gasteiger partial charge in [-0.3, -0.25) is 0 Å². The summed E-state index contributed by atoms with van der Waals surface area (Å²) in [5.74, 6) is -0.319. The van der Waals surface area contributed by atoms with E-state index in [4.69, 9.17) is 16.3 Å². The topological polar surface area (TPSA) is 38.3 Å². The van der Waals surface area contributed by atoms with Gasteiger partial charge in [0.2, 0.25) is 0 Å². The van der Waals surface area contributed by atoms with E-state index in [-0.39, 0.29) is 12.4 Å². The Hall–Kier alpha value is -2.33. The summed E-state index contributed by atoms with van der Waals surface area (Å²) >= 11 is 6.08. The van der Waals surface area contributed by atoms with Gasteiger partial charge in [0, 0.05) is 12.1 Å². The number of hydrogen-bond donors (Lipinski definition) is 1. The molecule has 5 heteroatoms. The van der Waals surface area contributed by atoms with E-state index in [1.54, 1.807) is 13.0 Å². The van der Waals surface area contributed by atoms with Crippen LogP contribution < -0.4 is 5.32 Å². The van der Waals surface area contributed by atoms with Crippen molar-refractivity contribution in [2.45, 2.75) is 20.0 Å². The Morgan fingerprint density at radius 1 is 1.25 bits per heavy atom. The highest BCUT2D eigenvalue weighted by Gasteiger charge is 2.05. The number of benzene rings is 2. The summed E-state index contributed by atoms with van der Waals surface area (Å²) < 4.78 is 18.4. The Morgan fingerprint density at radius 3 is 2.75 bits per heavy atom. The Bertz CT molecular complexity index is 717. The molecule has 24 heavy (non-hydrogen) atoms. The van der Waals surface area contributed by atoms with Gasteiger partial charge in [-0.15, -0.1) is 0 Å². The van der Waals surface area contributed by atoms with E-state index < -0.39 is 6.09 Å². The zero-order valence-electron chi connectivity index (χ0n) is 13.4.